The number of carbonyl (C=O) groups is 8. The van der Waals surface area contributed by atoms with Crippen LogP contribution in [-0.4, -0.2) is 118 Å². The van der Waals surface area contributed by atoms with Crippen LogP contribution in [0, 0.1) is 35.5 Å². The van der Waals surface area contributed by atoms with Gasteiger partial charge in [-0.25, -0.2) is 4.98 Å². The maximum atomic E-state index is 15.0. The van der Waals surface area contributed by atoms with Gasteiger partial charge in [-0.2, -0.15) is 0 Å². The number of hydrogen-bond donors (Lipinski definition) is 2. The maximum absolute atomic E-state index is 15.0. The Morgan fingerprint density at radius 1 is 0.768 bits per heavy atom. The summed E-state index contributed by atoms with van der Waals surface area (Å²) in [5.74, 6) is -4.52. The van der Waals surface area contributed by atoms with Gasteiger partial charge in [0.25, 0.3) is 5.91 Å². The summed E-state index contributed by atoms with van der Waals surface area (Å²) in [5.41, 5.74) is 1.60. The van der Waals surface area contributed by atoms with Crippen LogP contribution in [0.25, 0.3) is 0 Å². The SMILES string of the molecule is CC[C@H](C)[C@H](CC(=O)[C@H]1CCCC[N+]1(C)Cc1ccc(CC(=O)[C@H](C)NC(=O)[C@@H](CC(=O)OC(C)(C)C)C(C)C)cc1)C(=O)N(C)[C@H](C[C@@H](OC(C)=O)c1nc(C(=O)N[C@@H](Cc2ccccc2)C[C@H](C)C(=O)OC(C)(C)C)cs1)C(C)C. The van der Waals surface area contributed by atoms with Crippen molar-refractivity contribution in [2.45, 2.75) is 216 Å². The van der Waals surface area contributed by atoms with Crippen LogP contribution in [0.4, 0.5) is 0 Å². The van der Waals surface area contributed by atoms with Gasteiger partial charge in [0.2, 0.25) is 11.8 Å². The molecule has 1 unspecified atom stereocenters. The van der Waals surface area contributed by atoms with Crippen molar-refractivity contribution in [1.82, 2.24) is 20.5 Å². The Labute approximate surface area is 493 Å². The normalized spacial score (nSPS) is 18.6. The summed E-state index contributed by atoms with van der Waals surface area (Å²) >= 11 is 1.20. The quantitative estimate of drug-likeness (QED) is 0.0379. The zero-order valence-electron chi connectivity index (χ0n) is 52.4. The molecule has 2 aromatic carbocycles. The Hall–Kier alpha value is -5.81. The van der Waals surface area contributed by atoms with E-state index in [1.165, 1.54) is 18.3 Å². The molecule has 0 saturated carbocycles. The summed E-state index contributed by atoms with van der Waals surface area (Å²) < 4.78 is 17.5. The van der Waals surface area contributed by atoms with E-state index in [1.807, 2.05) is 117 Å². The van der Waals surface area contributed by atoms with E-state index in [9.17, 15) is 38.4 Å². The third kappa shape index (κ3) is 21.4. The molecule has 1 aromatic heterocycles. The number of ether oxygens (including phenoxy) is 3. The minimum absolute atomic E-state index is 0.0519. The van der Waals surface area contributed by atoms with Gasteiger partial charge in [0.05, 0.1) is 37.9 Å². The largest absolute Gasteiger partial charge is 0.460 e. The predicted octanol–water partition coefficient (Wildman–Crippen LogP) is 10.8. The average molecular weight is 1160 g/mol. The number of benzene rings is 2. The van der Waals surface area contributed by atoms with Gasteiger partial charge in [0.1, 0.15) is 34.5 Å². The molecule has 0 aliphatic carbocycles. The molecular weight excluding hydrogens is 1060 g/mol. The molecule has 0 radical (unpaired) electrons. The van der Waals surface area contributed by atoms with Crippen LogP contribution in [0.3, 0.4) is 0 Å². The number of carbonyl (C=O) groups excluding carboxylic acids is 8. The molecule has 16 nitrogen and oxygen atoms in total. The lowest BCUT2D eigenvalue weighted by atomic mass is 9.82. The fourth-order valence-electron chi connectivity index (χ4n) is 11.0. The molecule has 1 saturated heterocycles. The second kappa shape index (κ2) is 30.7. The van der Waals surface area contributed by atoms with Crippen molar-refractivity contribution in [1.29, 1.82) is 0 Å². The summed E-state index contributed by atoms with van der Waals surface area (Å²) in [7, 11) is 3.88. The average Bonchev–Trinajstić information content (AvgIpc) is 3.99. The van der Waals surface area contributed by atoms with Crippen LogP contribution in [0.2, 0.25) is 0 Å². The maximum Gasteiger partial charge on any atom is 0.309 e. The van der Waals surface area contributed by atoms with E-state index < -0.39 is 71.0 Å². The number of likely N-dealkylation sites (N-methyl/N-ethyl adjacent to an activating group) is 1. The third-order valence-electron chi connectivity index (χ3n) is 15.8. The van der Waals surface area contributed by atoms with E-state index in [-0.39, 0.29) is 84.5 Å². The van der Waals surface area contributed by atoms with Crippen molar-refractivity contribution in [2.75, 3.05) is 20.6 Å². The molecule has 2 N–H and O–H groups in total. The summed E-state index contributed by atoms with van der Waals surface area (Å²) in [5, 5.41) is 7.97. The number of likely N-dealkylation sites (tertiary alicyclic amines) is 1. The molecule has 4 rings (SSSR count). The Morgan fingerprint density at radius 3 is 1.96 bits per heavy atom. The van der Waals surface area contributed by atoms with Gasteiger partial charge in [-0.3, -0.25) is 38.4 Å². The molecule has 0 bridgehead atoms. The van der Waals surface area contributed by atoms with Crippen molar-refractivity contribution in [3.63, 3.8) is 0 Å². The molecule has 454 valence electrons. The van der Waals surface area contributed by atoms with E-state index in [2.05, 4.69) is 17.7 Å². The Balaban J connectivity index is 1.46. The van der Waals surface area contributed by atoms with Crippen molar-refractivity contribution in [2.24, 2.45) is 35.5 Å². The zero-order chi connectivity index (χ0) is 61.4. The summed E-state index contributed by atoms with van der Waals surface area (Å²) in [6.07, 6.45) is 3.46. The number of thiazole rings is 1. The number of amides is 3. The standard InChI is InChI=1S/C65H97N5O11S/c1-18-42(6)51(35-56(73)54-26-22-23-31-70(54,17)38-48-29-27-47(28-30-48)34-55(72)44(8)66-59(75)50(40(2)3)36-58(74)80-64(10,11)12)62(77)69(16)53(41(4)5)37-57(79-45(9)71)61-68-52(39-82-61)60(76)67-49(33-46-24-20-19-21-25-46)32-43(7)63(78)81-65(13,14)15/h19-21,24-25,27-30,39-44,49-51,53-54,57H,18,22-23,26,31-38H2,1-17H3,(H-,66,67,75,76)/p+1/t42-,43-,44-,49+,50-,51-,53+,54+,57+,70?/m0/s1. The van der Waals surface area contributed by atoms with Crippen LogP contribution in [0.5, 0.6) is 0 Å². The first kappa shape index (κ1) is 68.7. The molecule has 2 heterocycles. The first-order chi connectivity index (χ1) is 38.2. The van der Waals surface area contributed by atoms with Crippen LogP contribution >= 0.6 is 11.3 Å². The monoisotopic (exact) mass is 1160 g/mol. The highest BCUT2D eigenvalue weighted by Crippen LogP contribution is 2.35. The molecule has 10 atom stereocenters. The van der Waals surface area contributed by atoms with Gasteiger partial charge in [0, 0.05) is 68.6 Å². The Bertz CT molecular complexity index is 2620. The first-order valence-electron chi connectivity index (χ1n) is 29.7. The molecule has 17 heteroatoms. The predicted molar refractivity (Wildman–Crippen MR) is 320 cm³/mol. The summed E-state index contributed by atoms with van der Waals surface area (Å²) in [6, 6.07) is 15.6. The fourth-order valence-corrected chi connectivity index (χ4v) is 11.9. The molecule has 1 aliphatic rings. The summed E-state index contributed by atoms with van der Waals surface area (Å²) in [6.45, 7) is 28.7. The molecule has 3 aromatic rings. The lowest BCUT2D eigenvalue weighted by molar-refractivity contribution is -0.941. The van der Waals surface area contributed by atoms with E-state index in [0.29, 0.717) is 41.7 Å². The molecule has 1 aliphatic heterocycles. The Morgan fingerprint density at radius 2 is 1.39 bits per heavy atom. The number of nitrogens with one attached hydrogen (secondary N) is 2. The van der Waals surface area contributed by atoms with Crippen molar-refractivity contribution in [3.05, 3.63) is 87.4 Å². The van der Waals surface area contributed by atoms with E-state index in [4.69, 9.17) is 19.2 Å². The minimum atomic E-state index is -0.880. The first-order valence-corrected chi connectivity index (χ1v) is 30.5. The molecule has 82 heavy (non-hydrogen) atoms. The number of nitrogens with zero attached hydrogens (tertiary/aromatic N) is 3. The van der Waals surface area contributed by atoms with Crippen LogP contribution < -0.4 is 10.6 Å². The van der Waals surface area contributed by atoms with Crippen LogP contribution in [0.15, 0.2) is 60.0 Å². The van der Waals surface area contributed by atoms with Gasteiger partial charge >= 0.3 is 17.9 Å². The molecule has 3 amide bonds. The van der Waals surface area contributed by atoms with Gasteiger partial charge < -0.3 is 34.2 Å². The topological polar surface area (TPSA) is 204 Å². The molecule has 0 spiro atoms. The second-order valence-electron chi connectivity index (χ2n) is 26.1. The smallest absolute Gasteiger partial charge is 0.309 e. The highest BCUT2D eigenvalue weighted by atomic mass is 32.1. The van der Waals surface area contributed by atoms with Crippen LogP contribution in [0.1, 0.15) is 194 Å². The molecular formula is C65H98N5O11S+. The minimum Gasteiger partial charge on any atom is -0.460 e. The number of piperidine rings is 1. The van der Waals surface area contributed by atoms with E-state index >= 15 is 0 Å². The van der Waals surface area contributed by atoms with Crippen molar-refractivity contribution >= 4 is 58.5 Å². The number of esters is 3. The highest BCUT2D eigenvalue weighted by Gasteiger charge is 2.44. The number of Topliss-reactive ketones (excluding diaryl/α,β-unsaturated/α-hetero) is 2. The fraction of sp³-hybridized carbons (Fsp3) is 0.646. The second-order valence-corrected chi connectivity index (χ2v) is 27.0. The van der Waals surface area contributed by atoms with E-state index in [1.54, 1.807) is 51.9 Å². The number of aromatic nitrogens is 1. The van der Waals surface area contributed by atoms with Gasteiger partial charge in [-0.05, 0) is 103 Å². The van der Waals surface area contributed by atoms with Gasteiger partial charge in [-0.1, -0.05) is 109 Å². The lowest BCUT2D eigenvalue weighted by Crippen LogP contribution is -2.58. The van der Waals surface area contributed by atoms with Crippen molar-refractivity contribution in [3.8, 4) is 0 Å². The number of ketones is 2. The third-order valence-corrected chi connectivity index (χ3v) is 16.8. The number of rotatable bonds is 29. The van der Waals surface area contributed by atoms with E-state index in [0.717, 1.165) is 36.1 Å². The zero-order valence-corrected chi connectivity index (χ0v) is 53.2. The van der Waals surface area contributed by atoms with Crippen LogP contribution in [-0.2, 0) is 67.2 Å². The Kier molecular flexibility index (Phi) is 25.7. The number of quaternary nitrogens is 1. The van der Waals surface area contributed by atoms with Gasteiger partial charge in [0.15, 0.2) is 17.7 Å². The highest BCUT2D eigenvalue weighted by molar-refractivity contribution is 7.09. The molecule has 1 fully saturated rings. The lowest BCUT2D eigenvalue weighted by Gasteiger charge is -2.44. The van der Waals surface area contributed by atoms with Gasteiger partial charge in [-0.15, -0.1) is 11.3 Å². The summed E-state index contributed by atoms with van der Waals surface area (Å²) in [4.78, 5) is 115. The van der Waals surface area contributed by atoms with Crippen molar-refractivity contribution < 1.29 is 57.0 Å². The number of hydrogen-bond acceptors (Lipinski definition) is 13.